The lowest BCUT2D eigenvalue weighted by atomic mass is 9.81. The summed E-state index contributed by atoms with van der Waals surface area (Å²) in [6.07, 6.45) is 10.2. The fourth-order valence-corrected chi connectivity index (χ4v) is 4.32. The van der Waals surface area contributed by atoms with E-state index >= 15 is 0 Å². The average molecular weight is 431 g/mol. The van der Waals surface area contributed by atoms with Gasteiger partial charge in [-0.05, 0) is 88.0 Å². The highest BCUT2D eigenvalue weighted by molar-refractivity contribution is 6.06. The summed E-state index contributed by atoms with van der Waals surface area (Å²) in [6.45, 7) is 3.32. The van der Waals surface area contributed by atoms with Gasteiger partial charge in [0.2, 0.25) is 0 Å². The van der Waals surface area contributed by atoms with E-state index < -0.39 is 0 Å². The van der Waals surface area contributed by atoms with Gasteiger partial charge in [-0.1, -0.05) is 25.0 Å². The number of carbonyl (C=O) groups excluding carboxylic acids is 2. The van der Waals surface area contributed by atoms with E-state index in [1.54, 1.807) is 18.2 Å². The molecule has 172 valence electrons. The minimum absolute atomic E-state index is 0.00284. The Morgan fingerprint density at radius 2 is 2.03 bits per heavy atom. The number of ether oxygens (including phenoxy) is 1. The largest absolute Gasteiger partial charge is 0.504 e. The second-order valence-corrected chi connectivity index (χ2v) is 8.45. The minimum Gasteiger partial charge on any atom is -0.504 e. The molecule has 1 fully saturated rings. The number of phenols is 1. The highest BCUT2D eigenvalue weighted by Crippen LogP contribution is 2.27. The van der Waals surface area contributed by atoms with Gasteiger partial charge in [-0.15, -0.1) is 0 Å². The average Bonchev–Trinajstić information content (AvgIpc) is 2.78. The number of nitrogens with one attached hydrogen (secondary N) is 2. The van der Waals surface area contributed by atoms with Crippen LogP contribution in [-0.4, -0.2) is 50.5 Å². The van der Waals surface area contributed by atoms with Crippen molar-refractivity contribution in [2.75, 3.05) is 33.8 Å². The van der Waals surface area contributed by atoms with Crippen LogP contribution in [0.1, 0.15) is 56.9 Å². The first-order valence-electron chi connectivity index (χ1n) is 11.5. The van der Waals surface area contributed by atoms with Crippen molar-refractivity contribution in [1.29, 1.82) is 0 Å². The Labute approximate surface area is 186 Å². The molecule has 0 spiro atoms. The number of piperidine rings is 1. The van der Waals surface area contributed by atoms with Crippen molar-refractivity contribution in [2.45, 2.75) is 51.4 Å². The van der Waals surface area contributed by atoms with Gasteiger partial charge in [0.1, 0.15) is 5.78 Å². The van der Waals surface area contributed by atoms with Gasteiger partial charge in [-0.3, -0.25) is 9.59 Å². The normalized spacial score (nSPS) is 15.8. The highest BCUT2D eigenvalue weighted by Gasteiger charge is 2.22. The molecule has 0 aromatic heterocycles. The van der Waals surface area contributed by atoms with E-state index in [1.165, 1.54) is 38.5 Å². The van der Waals surface area contributed by atoms with Crippen LogP contribution in [0.3, 0.4) is 0 Å². The summed E-state index contributed by atoms with van der Waals surface area (Å²) in [5.41, 5.74) is 0.736. The molecule has 0 radical (unpaired) electrons. The lowest BCUT2D eigenvalue weighted by molar-refractivity contribution is -0.124. The Bertz CT molecular complexity index is 726. The molecule has 1 aromatic carbocycles. The van der Waals surface area contributed by atoms with E-state index in [4.69, 9.17) is 4.74 Å². The van der Waals surface area contributed by atoms with Gasteiger partial charge in [-0.25, -0.2) is 0 Å². The number of Topliss-reactive ketones (excluding diaryl/α,β-unsaturated/α-hetero) is 1. The van der Waals surface area contributed by atoms with Gasteiger partial charge < -0.3 is 20.5 Å². The molecule has 1 aromatic rings. The number of hydrogen-bond acceptors (Lipinski definition) is 6. The second kappa shape index (κ2) is 14.0. The smallest absolute Gasteiger partial charge is 0.163 e. The van der Waals surface area contributed by atoms with E-state index in [9.17, 15) is 14.7 Å². The maximum absolute atomic E-state index is 12.1. The van der Waals surface area contributed by atoms with Gasteiger partial charge in [-0.2, -0.15) is 0 Å². The topological polar surface area (TPSA) is 87.7 Å². The molecule has 0 aliphatic carbocycles. The molecule has 6 nitrogen and oxygen atoms in total. The predicted octanol–water partition coefficient (Wildman–Crippen LogP) is 3.73. The van der Waals surface area contributed by atoms with Gasteiger partial charge in [0, 0.05) is 6.42 Å². The third-order valence-corrected chi connectivity index (χ3v) is 6.08. The van der Waals surface area contributed by atoms with Crippen molar-refractivity contribution in [3.8, 4) is 11.5 Å². The number of ketones is 2. The van der Waals surface area contributed by atoms with E-state index in [0.717, 1.165) is 50.4 Å². The third kappa shape index (κ3) is 9.23. The molecule has 0 bridgehead atoms. The number of methoxy groups -OCH3 is 1. The Kier molecular flexibility index (Phi) is 11.3. The Morgan fingerprint density at radius 1 is 1.26 bits per heavy atom. The maximum Gasteiger partial charge on any atom is 0.163 e. The monoisotopic (exact) mass is 430 g/mol. The summed E-state index contributed by atoms with van der Waals surface area (Å²) >= 11 is 0. The van der Waals surface area contributed by atoms with Gasteiger partial charge in [0.05, 0.1) is 13.5 Å². The first-order chi connectivity index (χ1) is 15.0. The summed E-state index contributed by atoms with van der Waals surface area (Å²) in [7, 11) is 3.50. The molecule has 2 rings (SSSR count). The molecule has 1 aliphatic heterocycles. The van der Waals surface area contributed by atoms with Crippen LogP contribution < -0.4 is 15.4 Å². The fourth-order valence-electron chi connectivity index (χ4n) is 4.32. The fraction of sp³-hybridized carbons (Fsp3) is 0.600. The molecule has 1 heterocycles. The molecule has 3 N–H and O–H groups in total. The number of unbranched alkanes of at least 4 members (excludes halogenated alkanes) is 2. The standard InChI is InChI=1S/C25H38N2O4/c1-26-18-21(20-12-14-27-15-13-20)6-4-3-5-7-22(28)17-23(29)10-8-19-9-11-24(30)25(16-19)31-2/h8-11,16,20-21,26-27,30H,3-7,12-15,17-18H2,1-2H3/t21-/m0/s1. The molecular formula is C25H38N2O4. The molecule has 31 heavy (non-hydrogen) atoms. The minimum atomic E-state index is -0.197. The Morgan fingerprint density at radius 3 is 2.74 bits per heavy atom. The van der Waals surface area contributed by atoms with E-state index in [0.29, 0.717) is 18.1 Å². The molecule has 1 atom stereocenters. The number of benzene rings is 1. The predicted molar refractivity (Wildman–Crippen MR) is 124 cm³/mol. The zero-order valence-electron chi connectivity index (χ0n) is 19.0. The third-order valence-electron chi connectivity index (χ3n) is 6.08. The second-order valence-electron chi connectivity index (χ2n) is 8.45. The molecule has 0 unspecified atom stereocenters. The van der Waals surface area contributed by atoms with Crippen molar-refractivity contribution < 1.29 is 19.4 Å². The van der Waals surface area contributed by atoms with Crippen LogP contribution in [0.15, 0.2) is 24.3 Å². The van der Waals surface area contributed by atoms with Crippen molar-refractivity contribution in [3.05, 3.63) is 29.8 Å². The lowest BCUT2D eigenvalue weighted by Crippen LogP contribution is -2.35. The van der Waals surface area contributed by atoms with Crippen LogP contribution in [-0.2, 0) is 9.59 Å². The van der Waals surface area contributed by atoms with E-state index in [2.05, 4.69) is 10.6 Å². The van der Waals surface area contributed by atoms with Crippen molar-refractivity contribution >= 4 is 17.6 Å². The van der Waals surface area contributed by atoms with Crippen molar-refractivity contribution in [1.82, 2.24) is 10.6 Å². The summed E-state index contributed by atoms with van der Waals surface area (Å²) in [5.74, 6) is 1.72. The van der Waals surface area contributed by atoms with Crippen molar-refractivity contribution in [2.24, 2.45) is 11.8 Å². The first kappa shape index (κ1) is 25.1. The Hall–Kier alpha value is -2.18. The van der Waals surface area contributed by atoms with Crippen LogP contribution >= 0.6 is 0 Å². The zero-order valence-corrected chi connectivity index (χ0v) is 19.0. The molecular weight excluding hydrogens is 392 g/mol. The highest BCUT2D eigenvalue weighted by atomic mass is 16.5. The molecule has 6 heteroatoms. The zero-order chi connectivity index (χ0) is 22.5. The summed E-state index contributed by atoms with van der Waals surface area (Å²) < 4.78 is 5.05. The number of aromatic hydroxyl groups is 1. The molecule has 1 saturated heterocycles. The van der Waals surface area contributed by atoms with E-state index in [-0.39, 0.29) is 23.7 Å². The first-order valence-corrected chi connectivity index (χ1v) is 11.5. The van der Waals surface area contributed by atoms with Crippen LogP contribution in [0.4, 0.5) is 0 Å². The van der Waals surface area contributed by atoms with Crippen molar-refractivity contribution in [3.63, 3.8) is 0 Å². The summed E-state index contributed by atoms with van der Waals surface area (Å²) in [4.78, 5) is 24.2. The maximum atomic E-state index is 12.1. The van der Waals surface area contributed by atoms with Gasteiger partial charge >= 0.3 is 0 Å². The van der Waals surface area contributed by atoms with Crippen LogP contribution in [0.25, 0.3) is 6.08 Å². The number of phenolic OH excluding ortho intramolecular Hbond substituents is 1. The summed E-state index contributed by atoms with van der Waals surface area (Å²) in [5, 5.41) is 16.4. The SMILES string of the molecule is CNC[C@H](CCCCCC(=O)CC(=O)C=Cc1ccc(O)c(OC)c1)C1CCNCC1. The number of rotatable bonds is 14. The molecule has 0 saturated carbocycles. The van der Waals surface area contributed by atoms with Crippen LogP contribution in [0.2, 0.25) is 0 Å². The summed E-state index contributed by atoms with van der Waals surface area (Å²) in [6, 6.07) is 4.85. The van der Waals surface area contributed by atoms with E-state index in [1.807, 2.05) is 7.05 Å². The van der Waals surface area contributed by atoms with Gasteiger partial charge in [0.15, 0.2) is 17.3 Å². The molecule has 1 aliphatic rings. The lowest BCUT2D eigenvalue weighted by Gasteiger charge is -2.30. The molecule has 0 amide bonds. The number of allylic oxidation sites excluding steroid dienone is 1. The Balaban J connectivity index is 1.65. The van der Waals surface area contributed by atoms with Gasteiger partial charge in [0.25, 0.3) is 0 Å². The van der Waals surface area contributed by atoms with Crippen LogP contribution in [0.5, 0.6) is 11.5 Å². The quantitative estimate of drug-likeness (QED) is 0.237. The number of hydrogen-bond donors (Lipinski definition) is 3. The number of carbonyl (C=O) groups is 2. The van der Waals surface area contributed by atoms with Crippen LogP contribution in [0, 0.1) is 11.8 Å².